The minimum Gasteiger partial charge on any atom is -0.506 e. The molecule has 6 nitrogen and oxygen atoms in total. The maximum Gasteiger partial charge on any atom is 0.412 e. The Morgan fingerprint density at radius 1 is 1.48 bits per heavy atom. The van der Waals surface area contributed by atoms with Crippen LogP contribution in [0, 0.1) is 5.92 Å². The van der Waals surface area contributed by atoms with E-state index in [1.807, 2.05) is 13.1 Å². The summed E-state index contributed by atoms with van der Waals surface area (Å²) in [5.41, 5.74) is 6.49. The fourth-order valence-corrected chi connectivity index (χ4v) is 3.02. The van der Waals surface area contributed by atoms with E-state index in [1.165, 1.54) is 0 Å². The molecule has 0 spiro atoms. The van der Waals surface area contributed by atoms with Crippen molar-refractivity contribution in [1.82, 2.24) is 4.90 Å². The van der Waals surface area contributed by atoms with Crippen molar-refractivity contribution in [1.29, 1.82) is 0 Å². The summed E-state index contributed by atoms with van der Waals surface area (Å²) in [4.78, 5) is 14.3. The highest BCUT2D eigenvalue weighted by atomic mass is 16.6. The third-order valence-corrected chi connectivity index (χ3v) is 4.03. The van der Waals surface area contributed by atoms with Gasteiger partial charge in [-0.15, -0.1) is 0 Å². The fourth-order valence-electron chi connectivity index (χ4n) is 3.02. The lowest BCUT2D eigenvalue weighted by atomic mass is 9.98. The standard InChI is InChI=1S/C17H27N3O3/c1-17(2,3)23-16(22)19-15-12(6-5-7-14(15)21)13-8-11(9-18)10-20(13)4/h5-7,11,13,21H,8-10,18H2,1-4H3,(H,19,22). The van der Waals surface area contributed by atoms with Crippen molar-refractivity contribution >= 4 is 11.8 Å². The van der Waals surface area contributed by atoms with Gasteiger partial charge in [-0.05, 0) is 58.3 Å². The number of para-hydroxylation sites is 1. The molecule has 0 aliphatic carbocycles. The molecule has 1 saturated heterocycles. The predicted octanol–water partition coefficient (Wildman–Crippen LogP) is 2.69. The zero-order valence-corrected chi connectivity index (χ0v) is 14.3. The van der Waals surface area contributed by atoms with Crippen LogP contribution < -0.4 is 11.1 Å². The van der Waals surface area contributed by atoms with Crippen LogP contribution in [0.1, 0.15) is 38.8 Å². The number of nitrogens with zero attached hydrogens (tertiary/aromatic N) is 1. The van der Waals surface area contributed by atoms with Crippen LogP contribution in [0.5, 0.6) is 5.75 Å². The second-order valence-electron chi connectivity index (χ2n) is 7.16. The lowest BCUT2D eigenvalue weighted by Gasteiger charge is -2.24. The van der Waals surface area contributed by atoms with E-state index in [9.17, 15) is 9.90 Å². The minimum absolute atomic E-state index is 0.0398. The number of likely N-dealkylation sites (tertiary alicyclic amines) is 1. The maximum absolute atomic E-state index is 12.1. The number of hydrogen-bond donors (Lipinski definition) is 3. The number of carbonyl (C=O) groups excluding carboxylic acids is 1. The van der Waals surface area contributed by atoms with Crippen molar-refractivity contribution in [3.8, 4) is 5.75 Å². The lowest BCUT2D eigenvalue weighted by molar-refractivity contribution is 0.0635. The van der Waals surface area contributed by atoms with E-state index >= 15 is 0 Å². The number of phenolic OH excluding ortho intramolecular Hbond substituents is 1. The molecule has 1 heterocycles. The molecule has 6 heteroatoms. The highest BCUT2D eigenvalue weighted by Gasteiger charge is 2.32. The Bertz CT molecular complexity index is 569. The Hall–Kier alpha value is -1.79. The number of benzene rings is 1. The largest absolute Gasteiger partial charge is 0.506 e. The molecule has 4 N–H and O–H groups in total. The monoisotopic (exact) mass is 321 g/mol. The Labute approximate surface area is 137 Å². The molecule has 1 fully saturated rings. The van der Waals surface area contributed by atoms with Crippen molar-refractivity contribution in [3.63, 3.8) is 0 Å². The number of nitrogens with one attached hydrogen (secondary N) is 1. The van der Waals surface area contributed by atoms with E-state index in [2.05, 4.69) is 10.2 Å². The maximum atomic E-state index is 12.1. The van der Waals surface area contributed by atoms with Crippen LogP contribution in [0.3, 0.4) is 0 Å². The molecule has 0 bridgehead atoms. The molecular weight excluding hydrogens is 294 g/mol. The van der Waals surface area contributed by atoms with Crippen molar-refractivity contribution in [2.75, 3.05) is 25.5 Å². The van der Waals surface area contributed by atoms with Crippen LogP contribution in [0.15, 0.2) is 18.2 Å². The molecular formula is C17H27N3O3. The summed E-state index contributed by atoms with van der Waals surface area (Å²) in [6.45, 7) is 6.94. The normalized spacial score (nSPS) is 22.1. The summed E-state index contributed by atoms with van der Waals surface area (Å²) in [6, 6.07) is 5.38. The third kappa shape index (κ3) is 4.36. The minimum atomic E-state index is -0.594. The number of phenols is 1. The second-order valence-corrected chi connectivity index (χ2v) is 7.16. The Morgan fingerprint density at radius 3 is 2.74 bits per heavy atom. The molecule has 1 aromatic carbocycles. The van der Waals surface area contributed by atoms with Gasteiger partial charge in [0, 0.05) is 12.6 Å². The molecule has 2 rings (SSSR count). The Balaban J connectivity index is 2.25. The van der Waals surface area contributed by atoms with Crippen molar-refractivity contribution in [3.05, 3.63) is 23.8 Å². The summed E-state index contributed by atoms with van der Waals surface area (Å²) in [7, 11) is 2.03. The first-order chi connectivity index (χ1) is 10.7. The molecule has 1 amide bonds. The van der Waals surface area contributed by atoms with Crippen LogP contribution in [-0.2, 0) is 4.74 Å². The average molecular weight is 321 g/mol. The van der Waals surface area contributed by atoms with Gasteiger partial charge >= 0.3 is 6.09 Å². The van der Waals surface area contributed by atoms with Gasteiger partial charge < -0.3 is 15.6 Å². The van der Waals surface area contributed by atoms with Gasteiger partial charge in [-0.1, -0.05) is 12.1 Å². The van der Waals surface area contributed by atoms with Gasteiger partial charge in [0.15, 0.2) is 0 Å². The van der Waals surface area contributed by atoms with E-state index in [-0.39, 0.29) is 11.8 Å². The van der Waals surface area contributed by atoms with Crippen molar-refractivity contribution in [2.45, 2.75) is 38.8 Å². The lowest BCUT2D eigenvalue weighted by Crippen LogP contribution is -2.28. The Kier molecular flexibility index (Phi) is 5.16. The second kappa shape index (κ2) is 6.76. The molecule has 1 aliphatic rings. The van der Waals surface area contributed by atoms with Gasteiger partial charge in [0.2, 0.25) is 0 Å². The third-order valence-electron chi connectivity index (χ3n) is 4.03. The molecule has 128 valence electrons. The summed E-state index contributed by atoms with van der Waals surface area (Å²) in [5.74, 6) is 0.458. The van der Waals surface area contributed by atoms with E-state index in [1.54, 1.807) is 32.9 Å². The molecule has 23 heavy (non-hydrogen) atoms. The number of ether oxygens (including phenoxy) is 1. The number of anilines is 1. The first kappa shape index (κ1) is 17.6. The zero-order valence-electron chi connectivity index (χ0n) is 14.3. The summed E-state index contributed by atoms with van der Waals surface area (Å²) < 4.78 is 5.29. The number of aromatic hydroxyl groups is 1. The number of nitrogens with two attached hydrogens (primary N) is 1. The molecule has 2 atom stereocenters. The predicted molar refractivity (Wildman–Crippen MR) is 90.5 cm³/mol. The average Bonchev–Trinajstić information content (AvgIpc) is 2.80. The highest BCUT2D eigenvalue weighted by molar-refractivity contribution is 5.88. The molecule has 2 unspecified atom stereocenters. The van der Waals surface area contributed by atoms with Crippen molar-refractivity contribution in [2.24, 2.45) is 11.7 Å². The quantitative estimate of drug-likeness (QED) is 0.745. The summed E-state index contributed by atoms with van der Waals surface area (Å²) in [6.07, 6.45) is 0.329. The number of hydrogen-bond acceptors (Lipinski definition) is 5. The van der Waals surface area contributed by atoms with E-state index in [4.69, 9.17) is 10.5 Å². The van der Waals surface area contributed by atoms with Gasteiger partial charge in [-0.3, -0.25) is 10.2 Å². The van der Waals surface area contributed by atoms with Crippen LogP contribution in [-0.4, -0.2) is 41.8 Å². The first-order valence-electron chi connectivity index (χ1n) is 7.93. The molecule has 0 radical (unpaired) electrons. The van der Waals surface area contributed by atoms with Gasteiger partial charge in [-0.25, -0.2) is 4.79 Å². The summed E-state index contributed by atoms with van der Waals surface area (Å²) >= 11 is 0. The number of rotatable bonds is 3. The molecule has 1 aromatic rings. The SMILES string of the molecule is CN1CC(CN)CC1c1cccc(O)c1NC(=O)OC(C)(C)C. The topological polar surface area (TPSA) is 87.8 Å². The van der Waals surface area contributed by atoms with Crippen LogP contribution in [0.4, 0.5) is 10.5 Å². The smallest absolute Gasteiger partial charge is 0.412 e. The zero-order chi connectivity index (χ0) is 17.2. The first-order valence-corrected chi connectivity index (χ1v) is 7.93. The molecule has 1 aliphatic heterocycles. The number of carbonyl (C=O) groups is 1. The van der Waals surface area contributed by atoms with Gasteiger partial charge in [-0.2, -0.15) is 0 Å². The molecule has 0 aromatic heterocycles. The van der Waals surface area contributed by atoms with Gasteiger partial charge in [0.05, 0.1) is 5.69 Å². The van der Waals surface area contributed by atoms with Gasteiger partial charge in [0.25, 0.3) is 0 Å². The Morgan fingerprint density at radius 2 is 2.17 bits per heavy atom. The van der Waals surface area contributed by atoms with Crippen molar-refractivity contribution < 1.29 is 14.6 Å². The fraction of sp³-hybridized carbons (Fsp3) is 0.588. The van der Waals surface area contributed by atoms with E-state index < -0.39 is 11.7 Å². The number of amides is 1. The van der Waals surface area contributed by atoms with Gasteiger partial charge in [0.1, 0.15) is 11.4 Å². The van der Waals surface area contributed by atoms with Crippen LogP contribution in [0.25, 0.3) is 0 Å². The van der Waals surface area contributed by atoms with Crippen LogP contribution >= 0.6 is 0 Å². The van der Waals surface area contributed by atoms with Crippen LogP contribution in [0.2, 0.25) is 0 Å². The highest BCUT2D eigenvalue weighted by Crippen LogP contribution is 2.40. The van der Waals surface area contributed by atoms with E-state index in [0.717, 1.165) is 18.5 Å². The summed E-state index contributed by atoms with van der Waals surface area (Å²) in [5, 5.41) is 12.9. The molecule has 0 saturated carbocycles. The van der Waals surface area contributed by atoms with E-state index in [0.29, 0.717) is 18.2 Å².